The molecule has 0 fully saturated rings. The summed E-state index contributed by atoms with van der Waals surface area (Å²) in [4.78, 5) is 0. The minimum atomic E-state index is 0.607. The molecule has 0 aliphatic heterocycles. The Morgan fingerprint density at radius 2 is 2.00 bits per heavy atom. The van der Waals surface area contributed by atoms with Crippen molar-refractivity contribution in [1.29, 1.82) is 0 Å². The molecule has 0 amide bonds. The van der Waals surface area contributed by atoms with Crippen LogP contribution < -0.4 is 9.47 Å². The van der Waals surface area contributed by atoms with Crippen molar-refractivity contribution >= 4 is 0 Å². The van der Waals surface area contributed by atoms with Crippen molar-refractivity contribution in [1.82, 2.24) is 0 Å². The van der Waals surface area contributed by atoms with E-state index in [9.17, 15) is 0 Å². The number of allylic oxidation sites excluding steroid dienone is 1. The standard InChI is InChI=1S/C12H16O2/c1-10(2)7-8-14-12-6-4-5-11(9-12)13-3/h4-7,9H,8H2,1-3H3. The van der Waals surface area contributed by atoms with Gasteiger partial charge in [-0.15, -0.1) is 0 Å². The summed E-state index contributed by atoms with van der Waals surface area (Å²) in [6, 6.07) is 7.60. The van der Waals surface area contributed by atoms with Gasteiger partial charge in [-0.05, 0) is 32.1 Å². The predicted molar refractivity (Wildman–Crippen MR) is 57.9 cm³/mol. The third kappa shape index (κ3) is 3.52. The van der Waals surface area contributed by atoms with Crippen LogP contribution in [0.2, 0.25) is 0 Å². The normalized spacial score (nSPS) is 9.36. The van der Waals surface area contributed by atoms with Crippen molar-refractivity contribution in [3.63, 3.8) is 0 Å². The predicted octanol–water partition coefficient (Wildman–Crippen LogP) is 3.04. The first-order valence-electron chi connectivity index (χ1n) is 4.62. The van der Waals surface area contributed by atoms with E-state index >= 15 is 0 Å². The summed E-state index contributed by atoms with van der Waals surface area (Å²) in [5.74, 6) is 1.65. The molecule has 0 unspecified atom stereocenters. The Bertz CT molecular complexity index is 312. The summed E-state index contributed by atoms with van der Waals surface area (Å²) in [6.07, 6.45) is 2.04. The summed E-state index contributed by atoms with van der Waals surface area (Å²) in [5.41, 5.74) is 1.26. The lowest BCUT2D eigenvalue weighted by atomic mass is 10.3. The Kier molecular flexibility index (Phi) is 4.05. The Balaban J connectivity index is 2.54. The molecule has 14 heavy (non-hydrogen) atoms. The van der Waals surface area contributed by atoms with Crippen LogP contribution in [0.25, 0.3) is 0 Å². The molecule has 0 radical (unpaired) electrons. The van der Waals surface area contributed by atoms with Gasteiger partial charge in [0, 0.05) is 6.07 Å². The lowest BCUT2D eigenvalue weighted by Crippen LogP contribution is -1.94. The van der Waals surface area contributed by atoms with Gasteiger partial charge in [-0.1, -0.05) is 11.6 Å². The molecule has 1 aromatic rings. The molecule has 0 spiro atoms. The second-order valence-electron chi connectivity index (χ2n) is 3.27. The topological polar surface area (TPSA) is 18.5 Å². The van der Waals surface area contributed by atoms with Crippen molar-refractivity contribution in [2.75, 3.05) is 13.7 Å². The van der Waals surface area contributed by atoms with Crippen LogP contribution in [0.3, 0.4) is 0 Å². The van der Waals surface area contributed by atoms with Gasteiger partial charge in [-0.2, -0.15) is 0 Å². The van der Waals surface area contributed by atoms with Crippen molar-refractivity contribution < 1.29 is 9.47 Å². The molecule has 0 N–H and O–H groups in total. The average molecular weight is 192 g/mol. The van der Waals surface area contributed by atoms with Crippen LogP contribution in [0.15, 0.2) is 35.9 Å². The van der Waals surface area contributed by atoms with Crippen molar-refractivity contribution in [2.24, 2.45) is 0 Å². The summed E-state index contributed by atoms with van der Waals surface area (Å²) < 4.78 is 10.6. The molecule has 2 nitrogen and oxygen atoms in total. The van der Waals surface area contributed by atoms with Crippen molar-refractivity contribution in [2.45, 2.75) is 13.8 Å². The van der Waals surface area contributed by atoms with E-state index in [1.54, 1.807) is 7.11 Å². The smallest absolute Gasteiger partial charge is 0.123 e. The maximum absolute atomic E-state index is 5.50. The van der Waals surface area contributed by atoms with Gasteiger partial charge in [0.15, 0.2) is 0 Å². The van der Waals surface area contributed by atoms with Gasteiger partial charge < -0.3 is 9.47 Å². The minimum Gasteiger partial charge on any atom is -0.497 e. The molecular weight excluding hydrogens is 176 g/mol. The number of rotatable bonds is 4. The molecule has 0 heterocycles. The summed E-state index contributed by atoms with van der Waals surface area (Å²) in [5, 5.41) is 0. The van der Waals surface area contributed by atoms with Gasteiger partial charge in [-0.3, -0.25) is 0 Å². The molecule has 0 atom stereocenters. The monoisotopic (exact) mass is 192 g/mol. The summed E-state index contributed by atoms with van der Waals surface area (Å²) >= 11 is 0. The molecule has 0 aliphatic carbocycles. The van der Waals surface area contributed by atoms with E-state index in [1.807, 2.05) is 30.3 Å². The molecule has 2 heteroatoms. The van der Waals surface area contributed by atoms with Crippen molar-refractivity contribution in [3.8, 4) is 11.5 Å². The van der Waals surface area contributed by atoms with Gasteiger partial charge >= 0.3 is 0 Å². The van der Waals surface area contributed by atoms with E-state index in [1.165, 1.54) is 5.57 Å². The number of benzene rings is 1. The van der Waals surface area contributed by atoms with Crippen LogP contribution in [0, 0.1) is 0 Å². The summed E-state index contributed by atoms with van der Waals surface area (Å²) in [7, 11) is 1.65. The van der Waals surface area contributed by atoms with E-state index in [0.717, 1.165) is 11.5 Å². The van der Waals surface area contributed by atoms with Gasteiger partial charge in [-0.25, -0.2) is 0 Å². The van der Waals surface area contributed by atoms with Gasteiger partial charge in [0.25, 0.3) is 0 Å². The molecule has 1 rings (SSSR count). The molecule has 0 aliphatic rings. The molecule has 0 bridgehead atoms. The third-order valence-corrected chi connectivity index (χ3v) is 1.78. The second-order valence-corrected chi connectivity index (χ2v) is 3.27. The highest BCUT2D eigenvalue weighted by Crippen LogP contribution is 2.18. The van der Waals surface area contributed by atoms with Crippen LogP contribution in [0.1, 0.15) is 13.8 Å². The van der Waals surface area contributed by atoms with Crippen LogP contribution in [0.4, 0.5) is 0 Å². The fraction of sp³-hybridized carbons (Fsp3) is 0.333. The Labute approximate surface area is 85.2 Å². The lowest BCUT2D eigenvalue weighted by molar-refractivity contribution is 0.356. The molecule has 0 aromatic heterocycles. The zero-order chi connectivity index (χ0) is 10.4. The lowest BCUT2D eigenvalue weighted by Gasteiger charge is -2.05. The van der Waals surface area contributed by atoms with E-state index < -0.39 is 0 Å². The maximum Gasteiger partial charge on any atom is 0.123 e. The molecule has 0 saturated carbocycles. The largest absolute Gasteiger partial charge is 0.497 e. The van der Waals surface area contributed by atoms with Crippen LogP contribution in [-0.2, 0) is 0 Å². The number of hydrogen-bond donors (Lipinski definition) is 0. The Morgan fingerprint density at radius 3 is 2.64 bits per heavy atom. The average Bonchev–Trinajstić information content (AvgIpc) is 2.18. The maximum atomic E-state index is 5.50. The fourth-order valence-electron chi connectivity index (χ4n) is 0.996. The quantitative estimate of drug-likeness (QED) is 0.683. The second kappa shape index (κ2) is 5.32. The number of methoxy groups -OCH3 is 1. The number of ether oxygens (including phenoxy) is 2. The Morgan fingerprint density at radius 1 is 1.29 bits per heavy atom. The van der Waals surface area contributed by atoms with Gasteiger partial charge in [0.05, 0.1) is 7.11 Å². The highest BCUT2D eigenvalue weighted by Gasteiger charge is 1.94. The van der Waals surface area contributed by atoms with Crippen molar-refractivity contribution in [3.05, 3.63) is 35.9 Å². The summed E-state index contributed by atoms with van der Waals surface area (Å²) in [6.45, 7) is 4.71. The van der Waals surface area contributed by atoms with E-state index in [2.05, 4.69) is 13.8 Å². The number of hydrogen-bond acceptors (Lipinski definition) is 2. The zero-order valence-electron chi connectivity index (χ0n) is 8.91. The fourth-order valence-corrected chi connectivity index (χ4v) is 0.996. The first-order valence-corrected chi connectivity index (χ1v) is 4.62. The van der Waals surface area contributed by atoms with Crippen LogP contribution >= 0.6 is 0 Å². The van der Waals surface area contributed by atoms with Gasteiger partial charge in [0.2, 0.25) is 0 Å². The van der Waals surface area contributed by atoms with Crippen LogP contribution in [0.5, 0.6) is 11.5 Å². The zero-order valence-corrected chi connectivity index (χ0v) is 8.91. The van der Waals surface area contributed by atoms with Crippen LogP contribution in [-0.4, -0.2) is 13.7 Å². The van der Waals surface area contributed by atoms with E-state index in [4.69, 9.17) is 9.47 Å². The highest BCUT2D eigenvalue weighted by molar-refractivity contribution is 5.32. The SMILES string of the molecule is COc1cccc(OCC=C(C)C)c1. The minimum absolute atomic E-state index is 0.607. The third-order valence-electron chi connectivity index (χ3n) is 1.78. The first-order chi connectivity index (χ1) is 6.72. The highest BCUT2D eigenvalue weighted by atomic mass is 16.5. The molecular formula is C12H16O2. The molecule has 76 valence electrons. The molecule has 0 saturated heterocycles. The molecule has 1 aromatic carbocycles. The Hall–Kier alpha value is -1.44. The van der Waals surface area contributed by atoms with E-state index in [0.29, 0.717) is 6.61 Å². The van der Waals surface area contributed by atoms with Gasteiger partial charge in [0.1, 0.15) is 18.1 Å². The first kappa shape index (κ1) is 10.6. The van der Waals surface area contributed by atoms with E-state index in [-0.39, 0.29) is 0 Å².